The van der Waals surface area contributed by atoms with E-state index in [4.69, 9.17) is 4.74 Å². The Kier molecular flexibility index (Phi) is 4.43. The fourth-order valence-corrected chi connectivity index (χ4v) is 3.70. The molecule has 7 nitrogen and oxygen atoms in total. The topological polar surface area (TPSA) is 79.7 Å². The summed E-state index contributed by atoms with van der Waals surface area (Å²) in [5.74, 6) is 0.996. The maximum absolute atomic E-state index is 12.7. The van der Waals surface area contributed by atoms with Crippen molar-refractivity contribution in [3.63, 3.8) is 0 Å². The van der Waals surface area contributed by atoms with Gasteiger partial charge in [-0.1, -0.05) is 18.2 Å². The maximum atomic E-state index is 12.7. The molecule has 7 heteroatoms. The number of aromatic amines is 1. The number of benzene rings is 1. The van der Waals surface area contributed by atoms with Gasteiger partial charge in [0, 0.05) is 48.1 Å². The fraction of sp³-hybridized carbons (Fsp3) is 0.350. The number of ether oxygens (including phenoxy) is 1. The number of likely N-dealkylation sites (tertiary alicyclic amines) is 1. The van der Waals surface area contributed by atoms with E-state index in [9.17, 15) is 9.59 Å². The van der Waals surface area contributed by atoms with Gasteiger partial charge in [-0.05, 0) is 19.4 Å². The Labute approximate surface area is 156 Å². The molecular formula is C20H22N4O3. The third kappa shape index (κ3) is 3.32. The van der Waals surface area contributed by atoms with E-state index in [0.717, 1.165) is 23.4 Å². The van der Waals surface area contributed by atoms with E-state index >= 15 is 0 Å². The molecule has 0 bridgehead atoms. The monoisotopic (exact) mass is 366 g/mol. The van der Waals surface area contributed by atoms with Crippen LogP contribution in [-0.2, 0) is 11.2 Å². The number of methoxy groups -OCH3 is 1. The van der Waals surface area contributed by atoms with Crippen LogP contribution < -0.4 is 10.3 Å². The van der Waals surface area contributed by atoms with Crippen molar-refractivity contribution in [2.24, 2.45) is 0 Å². The number of nitrogens with zero attached hydrogens (tertiary/aromatic N) is 3. The van der Waals surface area contributed by atoms with Crippen molar-refractivity contribution in [3.05, 3.63) is 63.7 Å². The van der Waals surface area contributed by atoms with Crippen LogP contribution in [0.4, 0.5) is 0 Å². The Hall–Kier alpha value is -3.09. The van der Waals surface area contributed by atoms with Gasteiger partial charge >= 0.3 is 0 Å². The number of amides is 1. The highest BCUT2D eigenvalue weighted by molar-refractivity contribution is 5.80. The van der Waals surface area contributed by atoms with E-state index in [1.54, 1.807) is 7.11 Å². The van der Waals surface area contributed by atoms with Crippen LogP contribution >= 0.6 is 0 Å². The molecule has 1 atom stereocenters. The Balaban J connectivity index is 1.49. The molecule has 0 radical (unpaired) electrons. The zero-order valence-electron chi connectivity index (χ0n) is 15.4. The summed E-state index contributed by atoms with van der Waals surface area (Å²) in [6.07, 6.45) is 1.18. The van der Waals surface area contributed by atoms with Crippen molar-refractivity contribution in [2.75, 3.05) is 20.2 Å². The quantitative estimate of drug-likeness (QED) is 0.765. The minimum Gasteiger partial charge on any atom is -0.496 e. The molecule has 27 heavy (non-hydrogen) atoms. The zero-order valence-corrected chi connectivity index (χ0v) is 15.4. The molecule has 4 rings (SSSR count). The Morgan fingerprint density at radius 1 is 1.33 bits per heavy atom. The average molecular weight is 366 g/mol. The van der Waals surface area contributed by atoms with Gasteiger partial charge in [0.25, 0.3) is 5.56 Å². The van der Waals surface area contributed by atoms with Gasteiger partial charge < -0.3 is 9.64 Å². The predicted octanol–water partition coefficient (Wildman–Crippen LogP) is 1.90. The van der Waals surface area contributed by atoms with Crippen molar-refractivity contribution in [1.82, 2.24) is 19.5 Å². The van der Waals surface area contributed by atoms with Crippen LogP contribution in [0.5, 0.6) is 5.75 Å². The summed E-state index contributed by atoms with van der Waals surface area (Å²) in [5, 5.41) is 3.14. The Morgan fingerprint density at radius 3 is 2.96 bits per heavy atom. The van der Waals surface area contributed by atoms with E-state index in [0.29, 0.717) is 30.9 Å². The second-order valence-electron chi connectivity index (χ2n) is 6.95. The molecule has 1 saturated heterocycles. The number of rotatable bonds is 4. The minimum atomic E-state index is -0.120. The first-order valence-electron chi connectivity index (χ1n) is 9.04. The number of para-hydroxylation sites is 1. The lowest BCUT2D eigenvalue weighted by molar-refractivity contribution is -0.129. The molecule has 140 valence electrons. The number of hydrogen-bond donors (Lipinski definition) is 1. The van der Waals surface area contributed by atoms with Gasteiger partial charge in [-0.2, -0.15) is 0 Å². The van der Waals surface area contributed by atoms with Crippen LogP contribution in [0, 0.1) is 6.92 Å². The second-order valence-corrected chi connectivity index (χ2v) is 6.95. The third-order valence-electron chi connectivity index (χ3n) is 5.11. The van der Waals surface area contributed by atoms with Crippen LogP contribution in [0.1, 0.15) is 29.3 Å². The Bertz CT molecular complexity index is 1050. The van der Waals surface area contributed by atoms with E-state index in [1.807, 2.05) is 42.2 Å². The molecule has 1 aromatic carbocycles. The van der Waals surface area contributed by atoms with Gasteiger partial charge in [-0.3, -0.25) is 14.7 Å². The predicted molar refractivity (Wildman–Crippen MR) is 101 cm³/mol. The number of carbonyl (C=O) groups is 1. The van der Waals surface area contributed by atoms with Gasteiger partial charge in [0.1, 0.15) is 5.75 Å². The minimum absolute atomic E-state index is 0.0873. The number of aryl methyl sites for hydroxylation is 1. The first-order valence-corrected chi connectivity index (χ1v) is 9.04. The molecule has 1 fully saturated rings. The maximum Gasteiger partial charge on any atom is 0.272 e. The third-order valence-corrected chi connectivity index (χ3v) is 5.11. The van der Waals surface area contributed by atoms with Crippen LogP contribution in [-0.4, -0.2) is 45.6 Å². The van der Waals surface area contributed by atoms with E-state index < -0.39 is 0 Å². The van der Waals surface area contributed by atoms with E-state index in [2.05, 4.69) is 10.1 Å². The molecule has 0 unspecified atom stereocenters. The average Bonchev–Trinajstić information content (AvgIpc) is 3.29. The fourth-order valence-electron chi connectivity index (χ4n) is 3.70. The lowest BCUT2D eigenvalue weighted by Gasteiger charge is -2.17. The van der Waals surface area contributed by atoms with Crippen molar-refractivity contribution in [1.29, 1.82) is 0 Å². The zero-order chi connectivity index (χ0) is 19.0. The highest BCUT2D eigenvalue weighted by atomic mass is 16.5. The summed E-state index contributed by atoms with van der Waals surface area (Å²) in [6, 6.07) is 11.0. The molecule has 3 aromatic rings. The Morgan fingerprint density at radius 2 is 2.15 bits per heavy atom. The number of carbonyl (C=O) groups excluding carboxylic acids is 1. The summed E-state index contributed by atoms with van der Waals surface area (Å²) in [4.78, 5) is 31.1. The summed E-state index contributed by atoms with van der Waals surface area (Å²) in [7, 11) is 1.61. The highest BCUT2D eigenvalue weighted by Crippen LogP contribution is 2.28. The van der Waals surface area contributed by atoms with E-state index in [1.165, 1.54) is 10.6 Å². The number of hydrogen-bond acceptors (Lipinski definition) is 4. The number of aromatic nitrogens is 3. The molecule has 1 N–H and O–H groups in total. The second kappa shape index (κ2) is 6.90. The summed E-state index contributed by atoms with van der Waals surface area (Å²) in [6.45, 7) is 3.14. The molecule has 1 aliphatic rings. The largest absolute Gasteiger partial charge is 0.496 e. The first-order chi connectivity index (χ1) is 13.0. The van der Waals surface area contributed by atoms with Gasteiger partial charge in [0.15, 0.2) is 5.65 Å². The molecule has 0 spiro atoms. The SMILES string of the molecule is COc1ccccc1CC(=O)N1CC[C@H](c2cc3nc(C)cc(=O)n3[nH]2)C1. The molecule has 1 amide bonds. The van der Waals surface area contributed by atoms with Crippen molar-refractivity contribution < 1.29 is 9.53 Å². The molecule has 3 heterocycles. The number of nitrogens with one attached hydrogen (secondary N) is 1. The lowest BCUT2D eigenvalue weighted by Crippen LogP contribution is -2.30. The first kappa shape index (κ1) is 17.3. The molecule has 1 aliphatic heterocycles. The summed E-state index contributed by atoms with van der Waals surface area (Å²) < 4.78 is 6.80. The normalized spacial score (nSPS) is 16.8. The standard InChI is InChI=1S/C20H22N4O3/c1-13-9-20(26)24-18(21-13)11-16(22-24)15-7-8-23(12-15)19(25)10-14-5-3-4-6-17(14)27-2/h3-6,9,11,15,22H,7-8,10,12H2,1-2H3/t15-/m0/s1. The van der Waals surface area contributed by atoms with Gasteiger partial charge in [0.2, 0.25) is 5.91 Å². The molecule has 0 aliphatic carbocycles. The van der Waals surface area contributed by atoms with Gasteiger partial charge in [-0.25, -0.2) is 9.50 Å². The smallest absolute Gasteiger partial charge is 0.272 e. The molecular weight excluding hydrogens is 344 g/mol. The van der Waals surface area contributed by atoms with Gasteiger partial charge in [-0.15, -0.1) is 0 Å². The summed E-state index contributed by atoms with van der Waals surface area (Å²) in [5.41, 5.74) is 3.04. The van der Waals surface area contributed by atoms with Crippen LogP contribution in [0.25, 0.3) is 5.65 Å². The van der Waals surface area contributed by atoms with E-state index in [-0.39, 0.29) is 17.4 Å². The molecule has 0 saturated carbocycles. The van der Waals surface area contributed by atoms with Crippen molar-refractivity contribution in [2.45, 2.75) is 25.7 Å². The van der Waals surface area contributed by atoms with Crippen LogP contribution in [0.2, 0.25) is 0 Å². The van der Waals surface area contributed by atoms with Gasteiger partial charge in [0.05, 0.1) is 13.5 Å². The molecule has 2 aromatic heterocycles. The number of fused-ring (bicyclic) bond motifs is 1. The van der Waals surface area contributed by atoms with Crippen molar-refractivity contribution >= 4 is 11.6 Å². The van der Waals surface area contributed by atoms with Crippen LogP contribution in [0.15, 0.2) is 41.2 Å². The van der Waals surface area contributed by atoms with Crippen molar-refractivity contribution in [3.8, 4) is 5.75 Å². The lowest BCUT2D eigenvalue weighted by atomic mass is 10.1. The van der Waals surface area contributed by atoms with Crippen LogP contribution in [0.3, 0.4) is 0 Å². The summed E-state index contributed by atoms with van der Waals surface area (Å²) >= 11 is 0. The number of H-pyrrole nitrogens is 1. The highest BCUT2D eigenvalue weighted by Gasteiger charge is 2.29.